The maximum atomic E-state index is 11.4. The summed E-state index contributed by atoms with van der Waals surface area (Å²) in [5.41, 5.74) is 0.187. The standard InChI is InChI=1S/C9H10O3S.C2H6/c1-13(2,12)8-5-3-7(4-6-8)9(10)11;1-2/h3-6H,1H2,2H3,(H,10,11);1-2H3. The third-order valence-electron chi connectivity index (χ3n) is 1.60. The lowest BCUT2D eigenvalue weighted by Crippen LogP contribution is -1.99. The SMILES string of the molecule is C=S(C)(=O)c1ccc(C(=O)O)cc1.CC. The molecule has 4 heteroatoms. The number of carboxylic acids is 1. The Balaban J connectivity index is 0.000000921. The van der Waals surface area contributed by atoms with Crippen molar-refractivity contribution in [3.8, 4) is 0 Å². The van der Waals surface area contributed by atoms with Gasteiger partial charge in [-0.25, -0.2) is 4.79 Å². The molecule has 0 aromatic heterocycles. The van der Waals surface area contributed by atoms with E-state index >= 15 is 0 Å². The molecule has 0 spiro atoms. The van der Waals surface area contributed by atoms with Crippen molar-refractivity contribution in [2.24, 2.45) is 0 Å². The predicted octanol–water partition coefficient (Wildman–Crippen LogP) is 2.12. The molecule has 0 fully saturated rings. The summed E-state index contributed by atoms with van der Waals surface area (Å²) in [5.74, 6) is 2.51. The highest BCUT2D eigenvalue weighted by Crippen LogP contribution is 2.09. The van der Waals surface area contributed by atoms with Crippen molar-refractivity contribution in [2.45, 2.75) is 18.7 Å². The number of hydrogen-bond acceptors (Lipinski definition) is 2. The Kier molecular flexibility index (Phi) is 5.08. The van der Waals surface area contributed by atoms with E-state index in [1.54, 1.807) is 0 Å². The second kappa shape index (κ2) is 5.56. The van der Waals surface area contributed by atoms with E-state index in [1.807, 2.05) is 13.8 Å². The first kappa shape index (κ1) is 13.7. The molecule has 0 aliphatic heterocycles. The Bertz CT molecular complexity index is 416. The summed E-state index contributed by atoms with van der Waals surface area (Å²) in [4.78, 5) is 11.0. The van der Waals surface area contributed by atoms with Crippen LogP contribution in [0.15, 0.2) is 29.2 Å². The molecule has 0 amide bonds. The fourth-order valence-corrected chi connectivity index (χ4v) is 1.60. The fraction of sp³-hybridized carbons (Fsp3) is 0.273. The minimum Gasteiger partial charge on any atom is -0.478 e. The Hall–Kier alpha value is -1.29. The van der Waals surface area contributed by atoms with Gasteiger partial charge in [0.1, 0.15) is 0 Å². The summed E-state index contributed by atoms with van der Waals surface area (Å²) in [6.07, 6.45) is 1.52. The van der Waals surface area contributed by atoms with Crippen LogP contribution in [0.4, 0.5) is 0 Å². The first-order chi connectivity index (χ1) is 6.91. The van der Waals surface area contributed by atoms with Crippen molar-refractivity contribution in [1.82, 2.24) is 0 Å². The molecule has 1 unspecified atom stereocenters. The van der Waals surface area contributed by atoms with Crippen LogP contribution in [-0.2, 0) is 9.52 Å². The maximum absolute atomic E-state index is 11.4. The molecule has 0 aliphatic carbocycles. The zero-order chi connectivity index (χ0) is 12.1. The molecule has 1 rings (SSSR count). The summed E-state index contributed by atoms with van der Waals surface area (Å²) >= 11 is 0. The first-order valence-corrected chi connectivity index (χ1v) is 6.70. The molecule has 0 aliphatic rings. The van der Waals surface area contributed by atoms with Gasteiger partial charge in [0.05, 0.1) is 5.56 Å². The van der Waals surface area contributed by atoms with Crippen molar-refractivity contribution in [3.63, 3.8) is 0 Å². The lowest BCUT2D eigenvalue weighted by atomic mass is 10.2. The largest absolute Gasteiger partial charge is 0.478 e. The van der Waals surface area contributed by atoms with Crippen molar-refractivity contribution in [1.29, 1.82) is 0 Å². The van der Waals surface area contributed by atoms with E-state index in [2.05, 4.69) is 5.87 Å². The van der Waals surface area contributed by atoms with Gasteiger partial charge in [-0.05, 0) is 39.7 Å². The zero-order valence-electron chi connectivity index (χ0n) is 9.19. The van der Waals surface area contributed by atoms with Crippen molar-refractivity contribution < 1.29 is 14.1 Å². The first-order valence-electron chi connectivity index (χ1n) is 4.57. The van der Waals surface area contributed by atoms with Gasteiger partial charge in [-0.1, -0.05) is 13.8 Å². The monoisotopic (exact) mass is 228 g/mol. The highest BCUT2D eigenvalue weighted by Gasteiger charge is 2.04. The topological polar surface area (TPSA) is 54.4 Å². The molecule has 3 nitrogen and oxygen atoms in total. The second-order valence-corrected chi connectivity index (χ2v) is 5.32. The van der Waals surface area contributed by atoms with E-state index in [-0.39, 0.29) is 5.56 Å². The molecular formula is C11H16O3S. The second-order valence-electron chi connectivity index (χ2n) is 2.83. The Morgan fingerprint density at radius 3 is 1.93 bits per heavy atom. The van der Waals surface area contributed by atoms with Crippen LogP contribution in [-0.4, -0.2) is 27.4 Å². The van der Waals surface area contributed by atoms with E-state index in [9.17, 15) is 9.00 Å². The van der Waals surface area contributed by atoms with Crippen LogP contribution >= 0.6 is 0 Å². The van der Waals surface area contributed by atoms with Gasteiger partial charge in [0, 0.05) is 11.2 Å². The highest BCUT2D eigenvalue weighted by molar-refractivity contribution is 7.99. The number of hydrogen-bond donors (Lipinski definition) is 1. The Morgan fingerprint density at radius 2 is 1.67 bits per heavy atom. The van der Waals surface area contributed by atoms with Gasteiger partial charge in [-0.15, -0.1) is 0 Å². The van der Waals surface area contributed by atoms with Crippen LogP contribution in [0, 0.1) is 0 Å². The molecule has 0 heterocycles. The molecular weight excluding hydrogens is 212 g/mol. The molecule has 0 saturated carbocycles. The molecule has 0 bridgehead atoms. The highest BCUT2D eigenvalue weighted by atomic mass is 32.2. The third-order valence-corrected chi connectivity index (χ3v) is 2.87. The summed E-state index contributed by atoms with van der Waals surface area (Å²) in [6, 6.07) is 5.90. The number of aromatic carboxylic acids is 1. The average molecular weight is 228 g/mol. The van der Waals surface area contributed by atoms with Crippen molar-refractivity contribution >= 4 is 21.4 Å². The van der Waals surface area contributed by atoms with E-state index in [4.69, 9.17) is 5.11 Å². The van der Waals surface area contributed by atoms with Gasteiger partial charge < -0.3 is 5.11 Å². The normalized spacial score (nSPS) is 13.3. The molecule has 0 saturated heterocycles. The molecule has 1 aromatic carbocycles. The average Bonchev–Trinajstić information content (AvgIpc) is 2.20. The van der Waals surface area contributed by atoms with Crippen LogP contribution in [0.25, 0.3) is 0 Å². The van der Waals surface area contributed by atoms with E-state index < -0.39 is 15.5 Å². The van der Waals surface area contributed by atoms with Gasteiger partial charge in [0.15, 0.2) is 0 Å². The zero-order valence-corrected chi connectivity index (χ0v) is 10.0. The van der Waals surface area contributed by atoms with Gasteiger partial charge in [0.2, 0.25) is 0 Å². The summed E-state index contributed by atoms with van der Waals surface area (Å²) < 4.78 is 11.4. The van der Waals surface area contributed by atoms with E-state index in [1.165, 1.54) is 30.5 Å². The van der Waals surface area contributed by atoms with Gasteiger partial charge in [-0.2, -0.15) is 0 Å². The van der Waals surface area contributed by atoms with Gasteiger partial charge in [-0.3, -0.25) is 4.21 Å². The summed E-state index contributed by atoms with van der Waals surface area (Å²) in [7, 11) is -2.24. The molecule has 1 aromatic rings. The third kappa shape index (κ3) is 4.16. The number of benzene rings is 1. The van der Waals surface area contributed by atoms with E-state index in [0.717, 1.165) is 0 Å². The Labute approximate surface area is 90.8 Å². The number of rotatable bonds is 2. The minimum atomic E-state index is -2.24. The van der Waals surface area contributed by atoms with E-state index in [0.29, 0.717) is 4.90 Å². The van der Waals surface area contributed by atoms with Crippen LogP contribution in [0.3, 0.4) is 0 Å². The molecule has 1 N–H and O–H groups in total. The van der Waals surface area contributed by atoms with Gasteiger partial charge in [0.25, 0.3) is 0 Å². The van der Waals surface area contributed by atoms with Crippen LogP contribution in [0.2, 0.25) is 0 Å². The minimum absolute atomic E-state index is 0.187. The van der Waals surface area contributed by atoms with Gasteiger partial charge >= 0.3 is 5.97 Å². The van der Waals surface area contributed by atoms with Crippen molar-refractivity contribution in [3.05, 3.63) is 29.8 Å². The smallest absolute Gasteiger partial charge is 0.335 e. The predicted molar refractivity (Wildman–Crippen MR) is 64.2 cm³/mol. The lowest BCUT2D eigenvalue weighted by molar-refractivity contribution is 0.0697. The summed E-state index contributed by atoms with van der Waals surface area (Å²) in [5, 5.41) is 8.59. The molecule has 1 atom stereocenters. The van der Waals surface area contributed by atoms with Crippen LogP contribution in [0.1, 0.15) is 24.2 Å². The lowest BCUT2D eigenvalue weighted by Gasteiger charge is -2.02. The van der Waals surface area contributed by atoms with Crippen LogP contribution in [0.5, 0.6) is 0 Å². The van der Waals surface area contributed by atoms with Crippen molar-refractivity contribution in [2.75, 3.05) is 6.26 Å². The number of carboxylic acid groups (broad SMARTS) is 1. The van der Waals surface area contributed by atoms with Crippen LogP contribution < -0.4 is 0 Å². The fourth-order valence-electron chi connectivity index (χ4n) is 0.885. The quantitative estimate of drug-likeness (QED) is 0.789. The number of carbonyl (C=O) groups is 1. The molecule has 15 heavy (non-hydrogen) atoms. The summed E-state index contributed by atoms with van der Waals surface area (Å²) in [6.45, 7) is 4.00. The molecule has 84 valence electrons. The maximum Gasteiger partial charge on any atom is 0.335 e. The Morgan fingerprint density at radius 1 is 1.27 bits per heavy atom. The molecule has 0 radical (unpaired) electrons.